The molecule has 0 bridgehead atoms. The number of esters is 1. The van der Waals surface area contributed by atoms with Crippen LogP contribution in [0, 0.1) is 17.2 Å². The van der Waals surface area contributed by atoms with Crippen molar-refractivity contribution in [3.63, 3.8) is 0 Å². The summed E-state index contributed by atoms with van der Waals surface area (Å²) < 4.78 is 4.37. The van der Waals surface area contributed by atoms with Gasteiger partial charge in [-0.05, 0) is 5.56 Å². The van der Waals surface area contributed by atoms with Gasteiger partial charge in [-0.3, -0.25) is 4.79 Å². The largest absolute Gasteiger partial charge is 0.469 e. The molecule has 0 N–H and O–H groups in total. The number of carbonyl (C=O) groups is 1. The monoisotopic (exact) mass is 313 g/mol. The highest BCUT2D eigenvalue weighted by Gasteiger charge is 2.03. The van der Waals surface area contributed by atoms with Crippen LogP contribution in [0.5, 0.6) is 0 Å². The molecule has 3 heteroatoms. The first-order chi connectivity index (χ1) is 10.9. The number of hydrogen-bond donors (Lipinski definition) is 0. The van der Waals surface area contributed by atoms with Crippen molar-refractivity contribution in [1.82, 2.24) is 0 Å². The summed E-state index contributed by atoms with van der Waals surface area (Å²) in [4.78, 5) is 10.3. The van der Waals surface area contributed by atoms with Gasteiger partial charge >= 0.3 is 5.97 Å². The fourth-order valence-corrected chi connectivity index (χ4v) is 0.825. The molecule has 0 unspecified atom stereocenters. The van der Waals surface area contributed by atoms with Crippen molar-refractivity contribution >= 4 is 12.0 Å². The molecule has 0 aliphatic heterocycles. The Labute approximate surface area is 140 Å². The highest BCUT2D eigenvalue weighted by Crippen LogP contribution is 1.97. The third kappa shape index (κ3) is 24.5. The Morgan fingerprint density at radius 3 is 1.70 bits per heavy atom. The van der Waals surface area contributed by atoms with Crippen LogP contribution in [0.25, 0.3) is 6.08 Å². The Bertz CT molecular complexity index is 476. The lowest BCUT2D eigenvalue weighted by molar-refractivity contribution is -0.144. The van der Waals surface area contributed by atoms with E-state index in [0.29, 0.717) is 0 Å². The van der Waals surface area contributed by atoms with E-state index in [4.69, 9.17) is 5.26 Å². The third-order valence-corrected chi connectivity index (χ3v) is 1.97. The zero-order valence-corrected chi connectivity index (χ0v) is 14.4. The van der Waals surface area contributed by atoms with E-state index in [1.807, 2.05) is 36.4 Å². The van der Waals surface area contributed by atoms with Gasteiger partial charge < -0.3 is 4.74 Å². The molecule has 0 heterocycles. The summed E-state index contributed by atoms with van der Waals surface area (Å²) in [5.41, 5.74) is 1.17. The van der Waals surface area contributed by atoms with Crippen molar-refractivity contribution in [2.45, 2.75) is 13.8 Å². The molecule has 0 saturated heterocycles. The van der Waals surface area contributed by atoms with Gasteiger partial charge in [0.2, 0.25) is 0 Å². The maximum atomic E-state index is 10.3. The molecule has 1 rings (SSSR count). The standard InChI is InChI=1S/C8H8.C5H10O2.C4H6.C3H3N/c1-2-8-6-4-3-5-7-8;1-4(2)5(6)7-3;1-3-4-2;1-2-3-4/h2-7H,1H2;4H,1-3H3;3-4H,1-2H2;2H,1H2. The lowest BCUT2D eigenvalue weighted by Crippen LogP contribution is -2.07. The van der Waals surface area contributed by atoms with E-state index < -0.39 is 0 Å². The number of allylic oxidation sites excluding steroid dienone is 3. The Kier molecular flexibility index (Phi) is 23.4. The van der Waals surface area contributed by atoms with E-state index in [2.05, 4.69) is 31.1 Å². The van der Waals surface area contributed by atoms with Crippen molar-refractivity contribution in [3.8, 4) is 6.07 Å². The van der Waals surface area contributed by atoms with Crippen LogP contribution in [0.15, 0.2) is 74.9 Å². The zero-order valence-electron chi connectivity index (χ0n) is 14.4. The van der Waals surface area contributed by atoms with E-state index in [1.54, 1.807) is 32.1 Å². The summed E-state index contributed by atoms with van der Waals surface area (Å²) in [6.45, 7) is 17.1. The van der Waals surface area contributed by atoms with Crippen LogP contribution in [0.2, 0.25) is 0 Å². The predicted octanol–water partition coefficient (Wildman–Crippen LogP) is 5.20. The molecule has 1 aromatic carbocycles. The van der Waals surface area contributed by atoms with Crippen LogP contribution < -0.4 is 0 Å². The number of benzene rings is 1. The van der Waals surface area contributed by atoms with Gasteiger partial charge in [0.25, 0.3) is 0 Å². The number of nitriles is 1. The molecule has 23 heavy (non-hydrogen) atoms. The normalized spacial score (nSPS) is 7.26. The molecule has 0 aliphatic rings. The van der Waals surface area contributed by atoms with E-state index in [1.165, 1.54) is 18.7 Å². The predicted molar refractivity (Wildman–Crippen MR) is 99.6 cm³/mol. The molecule has 124 valence electrons. The molecular formula is C20H27NO2. The summed E-state index contributed by atoms with van der Waals surface area (Å²) >= 11 is 0. The van der Waals surface area contributed by atoms with Crippen LogP contribution in [0.3, 0.4) is 0 Å². The summed E-state index contributed by atoms with van der Waals surface area (Å²) in [5.74, 6) is -0.148. The van der Waals surface area contributed by atoms with Crippen LogP contribution >= 0.6 is 0 Å². The Balaban J connectivity index is -0.000000245. The lowest BCUT2D eigenvalue weighted by atomic mass is 10.2. The lowest BCUT2D eigenvalue weighted by Gasteiger charge is -1.97. The molecule has 0 atom stereocenters. The zero-order chi connectivity index (χ0) is 18.5. The molecule has 0 saturated carbocycles. The molecule has 0 fully saturated rings. The van der Waals surface area contributed by atoms with Gasteiger partial charge in [-0.2, -0.15) is 5.26 Å². The van der Waals surface area contributed by atoms with Crippen molar-refractivity contribution in [2.24, 2.45) is 5.92 Å². The quantitative estimate of drug-likeness (QED) is 0.438. The SMILES string of the molecule is C=CC#N.C=CC=C.C=Cc1ccccc1.COC(=O)C(C)C. The van der Waals surface area contributed by atoms with E-state index in [0.717, 1.165) is 0 Å². The third-order valence-electron chi connectivity index (χ3n) is 1.97. The summed E-state index contributed by atoms with van der Waals surface area (Å²) in [5, 5.41) is 7.51. The molecule has 0 aliphatic carbocycles. The van der Waals surface area contributed by atoms with Gasteiger partial charge in [0.05, 0.1) is 19.1 Å². The summed E-state index contributed by atoms with van der Waals surface area (Å²) in [6, 6.07) is 11.7. The highest BCUT2D eigenvalue weighted by molar-refractivity contribution is 5.71. The second-order valence-corrected chi connectivity index (χ2v) is 4.10. The summed E-state index contributed by atoms with van der Waals surface area (Å²) in [6.07, 6.45) is 6.29. The van der Waals surface area contributed by atoms with Gasteiger partial charge in [0.1, 0.15) is 0 Å². The number of methoxy groups -OCH3 is 1. The molecular weight excluding hydrogens is 286 g/mol. The van der Waals surface area contributed by atoms with Crippen LogP contribution in [-0.4, -0.2) is 13.1 Å². The van der Waals surface area contributed by atoms with E-state index in [9.17, 15) is 4.79 Å². The fourth-order valence-electron chi connectivity index (χ4n) is 0.825. The first kappa shape index (κ1) is 25.1. The Morgan fingerprint density at radius 1 is 1.13 bits per heavy atom. The smallest absolute Gasteiger partial charge is 0.308 e. The topological polar surface area (TPSA) is 50.1 Å². The van der Waals surface area contributed by atoms with Crippen molar-refractivity contribution in [1.29, 1.82) is 5.26 Å². The van der Waals surface area contributed by atoms with Gasteiger partial charge in [-0.15, -0.1) is 0 Å². The number of nitrogens with zero attached hydrogens (tertiary/aromatic N) is 1. The van der Waals surface area contributed by atoms with Crippen LogP contribution in [0.1, 0.15) is 19.4 Å². The molecule has 3 nitrogen and oxygen atoms in total. The number of ether oxygens (including phenoxy) is 1. The number of carbonyl (C=O) groups excluding carboxylic acids is 1. The van der Waals surface area contributed by atoms with E-state index in [-0.39, 0.29) is 11.9 Å². The minimum atomic E-state index is -0.153. The average Bonchev–Trinajstić information content (AvgIpc) is 2.62. The molecule has 0 amide bonds. The molecule has 0 radical (unpaired) electrons. The first-order valence-electron chi connectivity index (χ1n) is 6.94. The minimum Gasteiger partial charge on any atom is -0.469 e. The fraction of sp³-hybridized carbons (Fsp3) is 0.200. The van der Waals surface area contributed by atoms with E-state index >= 15 is 0 Å². The maximum absolute atomic E-state index is 10.3. The van der Waals surface area contributed by atoms with Gasteiger partial charge in [-0.1, -0.05) is 88.7 Å². The Hall–Kier alpha value is -2.86. The molecule has 1 aromatic rings. The van der Waals surface area contributed by atoms with Gasteiger partial charge in [0.15, 0.2) is 0 Å². The second-order valence-electron chi connectivity index (χ2n) is 4.10. The Morgan fingerprint density at radius 2 is 1.57 bits per heavy atom. The first-order valence-corrected chi connectivity index (χ1v) is 6.94. The number of hydrogen-bond acceptors (Lipinski definition) is 3. The minimum absolute atomic E-state index is 0.00463. The summed E-state index contributed by atoms with van der Waals surface area (Å²) in [7, 11) is 1.39. The van der Waals surface area contributed by atoms with Crippen molar-refractivity contribution in [3.05, 3.63) is 80.4 Å². The van der Waals surface area contributed by atoms with Gasteiger partial charge in [0, 0.05) is 6.08 Å². The molecule has 0 spiro atoms. The van der Waals surface area contributed by atoms with Crippen molar-refractivity contribution < 1.29 is 9.53 Å². The average molecular weight is 313 g/mol. The highest BCUT2D eigenvalue weighted by atomic mass is 16.5. The maximum Gasteiger partial charge on any atom is 0.308 e. The van der Waals surface area contributed by atoms with Crippen molar-refractivity contribution in [2.75, 3.05) is 7.11 Å². The molecule has 0 aromatic heterocycles. The van der Waals surface area contributed by atoms with Gasteiger partial charge in [-0.25, -0.2) is 0 Å². The second kappa shape index (κ2) is 21.4. The van der Waals surface area contributed by atoms with Crippen LogP contribution in [-0.2, 0) is 9.53 Å². The van der Waals surface area contributed by atoms with Crippen LogP contribution in [0.4, 0.5) is 0 Å². The number of rotatable bonds is 3.